The lowest BCUT2D eigenvalue weighted by Crippen LogP contribution is -2.23. The number of sulfonamides is 2. The van der Waals surface area contributed by atoms with Gasteiger partial charge in [0.05, 0.1) is 28.3 Å². The molecule has 2 amide bonds. The number of H-pyrrole nitrogens is 2. The van der Waals surface area contributed by atoms with E-state index in [9.17, 15) is 26.4 Å². The number of aromatic nitrogens is 4. The number of nitrogens with zero attached hydrogens (tertiary/aromatic N) is 2. The molecule has 68 heavy (non-hydrogen) atoms. The van der Waals surface area contributed by atoms with E-state index in [1.165, 1.54) is 31.4 Å². The van der Waals surface area contributed by atoms with E-state index in [1.807, 2.05) is 18.2 Å². The first kappa shape index (κ1) is 46.1. The summed E-state index contributed by atoms with van der Waals surface area (Å²) in [5.41, 5.74) is 5.53. The highest BCUT2D eigenvalue weighted by Gasteiger charge is 2.19. The zero-order valence-electron chi connectivity index (χ0n) is 36.6. The Kier molecular flexibility index (Phi) is 13.8. The van der Waals surface area contributed by atoms with E-state index in [2.05, 4.69) is 40.0 Å². The van der Waals surface area contributed by atoms with Crippen molar-refractivity contribution in [1.29, 1.82) is 0 Å². The lowest BCUT2D eigenvalue weighted by atomic mass is 10.2. The molecule has 4 heterocycles. The second kappa shape index (κ2) is 20.4. The van der Waals surface area contributed by atoms with Gasteiger partial charge in [-0.05, 0) is 103 Å². The van der Waals surface area contributed by atoms with Crippen LogP contribution < -0.4 is 29.6 Å². The van der Waals surface area contributed by atoms with Crippen LogP contribution in [0, 0.1) is 6.92 Å². The van der Waals surface area contributed by atoms with Crippen molar-refractivity contribution in [2.45, 2.75) is 29.8 Å². The number of para-hydroxylation sites is 3. The molecule has 0 fully saturated rings. The van der Waals surface area contributed by atoms with Crippen molar-refractivity contribution in [3.63, 3.8) is 0 Å². The molecule has 5 aromatic carbocycles. The van der Waals surface area contributed by atoms with Gasteiger partial charge >= 0.3 is 0 Å². The molecule has 9 aromatic rings. The van der Waals surface area contributed by atoms with Gasteiger partial charge in [-0.15, -0.1) is 0 Å². The fourth-order valence-electron chi connectivity index (χ4n) is 6.93. The fraction of sp³-hybridized carbons (Fsp3) is 0.0800. The Morgan fingerprint density at radius 1 is 0.559 bits per heavy atom. The van der Waals surface area contributed by atoms with Crippen molar-refractivity contribution in [3.8, 4) is 17.2 Å². The zero-order chi connectivity index (χ0) is 47.7. The van der Waals surface area contributed by atoms with Gasteiger partial charge in [-0.3, -0.25) is 29.0 Å². The third-order valence-corrected chi connectivity index (χ3v) is 13.3. The van der Waals surface area contributed by atoms with Crippen molar-refractivity contribution in [3.05, 3.63) is 198 Å². The third-order valence-electron chi connectivity index (χ3n) is 10.6. The topological polar surface area (TPSA) is 226 Å². The molecule has 0 bridgehead atoms. The van der Waals surface area contributed by atoms with Crippen LogP contribution in [0.5, 0.6) is 17.2 Å². The summed E-state index contributed by atoms with van der Waals surface area (Å²) in [4.78, 5) is 39.3. The minimum Gasteiger partial charge on any atom is -0.496 e. The Balaban J connectivity index is 0.000000185. The number of hydrogen-bond acceptors (Lipinski definition) is 10. The number of benzene rings is 5. The number of pyridine rings is 2. The molecule has 0 saturated carbocycles. The number of rotatable bonds is 15. The van der Waals surface area contributed by atoms with Crippen LogP contribution in [0.1, 0.15) is 37.7 Å². The number of methoxy groups -OCH3 is 1. The van der Waals surface area contributed by atoms with Crippen LogP contribution in [0.3, 0.4) is 0 Å². The highest BCUT2D eigenvalue weighted by atomic mass is 32.2. The highest BCUT2D eigenvalue weighted by Crippen LogP contribution is 2.31. The van der Waals surface area contributed by atoms with E-state index in [0.717, 1.165) is 32.9 Å². The monoisotopic (exact) mass is 948 g/mol. The number of ether oxygens (including phenoxy) is 2. The van der Waals surface area contributed by atoms with E-state index in [1.54, 1.807) is 135 Å². The average molecular weight is 949 g/mol. The normalized spacial score (nSPS) is 11.3. The molecule has 0 unspecified atom stereocenters. The zero-order valence-corrected chi connectivity index (χ0v) is 38.2. The minimum absolute atomic E-state index is 0.0928. The SMILES string of the molecule is COc1cccc(NS(=O)(=O)c2ccc(CNC(=O)c3cc4cnccc4[nH]3)cc2)c1C.O=C(NCc1ccc(S(=O)(=O)Nc2ccccc2Oc2ccccc2)cc1)c1cc2cnccc2[nH]1. The van der Waals surface area contributed by atoms with Crippen molar-refractivity contribution < 1.29 is 35.9 Å². The van der Waals surface area contributed by atoms with Crippen molar-refractivity contribution in [2.75, 3.05) is 16.6 Å². The predicted octanol–water partition coefficient (Wildman–Crippen LogP) is 8.70. The standard InChI is InChI=1S/C27H22N4O4S.C23H22N4O4S/c32-27(25-16-20-18-28-15-14-23(20)30-25)29-17-19-10-12-22(13-11-19)36(33,34)31-24-8-4-5-9-26(24)35-21-6-2-1-3-7-21;1-15-19(4-3-5-22(15)31-2)27-32(29,30)18-8-6-16(7-9-18)13-25-23(28)21-12-17-14-24-11-10-20(17)26-21/h1-16,18,30-31H,17H2,(H,29,32);3-12,14,26-27H,13H2,1-2H3,(H,25,28). The van der Waals surface area contributed by atoms with Crippen LogP contribution in [0.4, 0.5) is 11.4 Å². The van der Waals surface area contributed by atoms with E-state index in [0.29, 0.717) is 45.6 Å². The Morgan fingerprint density at radius 3 is 1.54 bits per heavy atom. The molecule has 0 radical (unpaired) electrons. The number of nitrogens with one attached hydrogen (secondary N) is 6. The van der Waals surface area contributed by atoms with Gasteiger partial charge in [0.25, 0.3) is 31.9 Å². The molecule has 0 saturated heterocycles. The lowest BCUT2D eigenvalue weighted by molar-refractivity contribution is 0.0939. The molecular formula is C50H44N8O8S2. The largest absolute Gasteiger partial charge is 0.496 e. The van der Waals surface area contributed by atoms with Crippen molar-refractivity contribution in [1.82, 2.24) is 30.6 Å². The van der Waals surface area contributed by atoms with Crippen molar-refractivity contribution >= 4 is 65.0 Å². The number of carbonyl (C=O) groups is 2. The van der Waals surface area contributed by atoms with E-state index in [-0.39, 0.29) is 34.7 Å². The summed E-state index contributed by atoms with van der Waals surface area (Å²) in [5, 5.41) is 7.36. The van der Waals surface area contributed by atoms with Crippen LogP contribution >= 0.6 is 0 Å². The first-order valence-corrected chi connectivity index (χ1v) is 23.9. The van der Waals surface area contributed by atoms with E-state index in [4.69, 9.17) is 9.47 Å². The summed E-state index contributed by atoms with van der Waals surface area (Å²) in [6.07, 6.45) is 6.67. The first-order chi connectivity index (χ1) is 32.8. The fourth-order valence-corrected chi connectivity index (χ4v) is 9.12. The van der Waals surface area contributed by atoms with Crippen LogP contribution in [-0.2, 0) is 33.1 Å². The lowest BCUT2D eigenvalue weighted by Gasteiger charge is -2.13. The second-order valence-electron chi connectivity index (χ2n) is 15.2. The molecule has 4 aromatic heterocycles. The smallest absolute Gasteiger partial charge is 0.267 e. The highest BCUT2D eigenvalue weighted by molar-refractivity contribution is 7.93. The summed E-state index contributed by atoms with van der Waals surface area (Å²) in [7, 11) is -6.10. The maximum Gasteiger partial charge on any atom is 0.267 e. The summed E-state index contributed by atoms with van der Waals surface area (Å²) < 4.78 is 67.8. The predicted molar refractivity (Wildman–Crippen MR) is 260 cm³/mol. The van der Waals surface area contributed by atoms with Crippen LogP contribution in [-0.4, -0.2) is 55.7 Å². The molecule has 344 valence electrons. The van der Waals surface area contributed by atoms with Crippen LogP contribution in [0.15, 0.2) is 180 Å². The Bertz CT molecular complexity index is 3390. The van der Waals surface area contributed by atoms with Gasteiger partial charge in [-0.2, -0.15) is 0 Å². The quantitative estimate of drug-likeness (QED) is 0.0573. The molecule has 0 aliphatic carbocycles. The van der Waals surface area contributed by atoms with Crippen LogP contribution in [0.2, 0.25) is 0 Å². The number of hydrogen-bond donors (Lipinski definition) is 6. The first-order valence-electron chi connectivity index (χ1n) is 21.0. The van der Waals surface area contributed by atoms with Gasteiger partial charge in [0.15, 0.2) is 5.75 Å². The summed E-state index contributed by atoms with van der Waals surface area (Å²) in [6, 6.07) is 40.9. The van der Waals surface area contributed by atoms with Gasteiger partial charge in [0.1, 0.15) is 22.9 Å². The molecule has 6 N–H and O–H groups in total. The number of anilines is 2. The van der Waals surface area contributed by atoms with Gasteiger partial charge in [-0.1, -0.05) is 60.7 Å². The summed E-state index contributed by atoms with van der Waals surface area (Å²) in [6.45, 7) is 2.29. The molecule has 16 nitrogen and oxygen atoms in total. The van der Waals surface area contributed by atoms with Gasteiger partial charge in [0, 0.05) is 65.2 Å². The Hall–Kier alpha value is -8.48. The van der Waals surface area contributed by atoms with Crippen molar-refractivity contribution in [2.24, 2.45) is 0 Å². The van der Waals surface area contributed by atoms with Gasteiger partial charge in [0.2, 0.25) is 0 Å². The number of aromatic amines is 2. The summed E-state index contributed by atoms with van der Waals surface area (Å²) >= 11 is 0. The van der Waals surface area contributed by atoms with Crippen LogP contribution in [0.25, 0.3) is 21.8 Å². The number of amides is 2. The average Bonchev–Trinajstić information content (AvgIpc) is 4.00. The summed E-state index contributed by atoms with van der Waals surface area (Å²) in [5.74, 6) is 1.06. The Morgan fingerprint density at radius 2 is 1.03 bits per heavy atom. The number of fused-ring (bicyclic) bond motifs is 2. The number of carbonyl (C=O) groups excluding carboxylic acids is 2. The van der Waals surface area contributed by atoms with E-state index >= 15 is 0 Å². The molecule has 18 heteroatoms. The third kappa shape index (κ3) is 11.1. The molecule has 0 atom stereocenters. The molecule has 9 rings (SSSR count). The Labute approximate surface area is 391 Å². The second-order valence-corrected chi connectivity index (χ2v) is 18.6. The van der Waals surface area contributed by atoms with Gasteiger partial charge < -0.3 is 30.1 Å². The molecular weight excluding hydrogens is 905 g/mol. The molecule has 0 spiro atoms. The van der Waals surface area contributed by atoms with Gasteiger partial charge in [-0.25, -0.2) is 16.8 Å². The maximum atomic E-state index is 13.0. The molecule has 0 aliphatic rings. The van der Waals surface area contributed by atoms with E-state index < -0.39 is 20.0 Å². The minimum atomic E-state index is -3.86. The molecule has 0 aliphatic heterocycles. The maximum absolute atomic E-state index is 13.0.